The molecule has 5 nitrogen and oxygen atoms in total. The van der Waals surface area contributed by atoms with Crippen LogP contribution in [0.5, 0.6) is 0 Å². The molecule has 0 atom stereocenters. The Morgan fingerprint density at radius 1 is 1.04 bits per heavy atom. The van der Waals surface area contributed by atoms with Crippen LogP contribution >= 0.6 is 11.6 Å². The van der Waals surface area contributed by atoms with Gasteiger partial charge in [0, 0.05) is 10.7 Å². The Balaban J connectivity index is 1.89. The van der Waals surface area contributed by atoms with Crippen LogP contribution in [0.2, 0.25) is 5.02 Å². The molecular formula is C18H16ClN3O2. The molecule has 2 N–H and O–H groups in total. The van der Waals surface area contributed by atoms with Crippen LogP contribution in [0.15, 0.2) is 65.8 Å². The molecule has 6 heteroatoms. The minimum atomic E-state index is -0.859. The summed E-state index contributed by atoms with van der Waals surface area (Å²) in [6.07, 6.45) is 3.60. The number of nitrogens with zero attached hydrogens (tertiary/aromatic N) is 1. The van der Waals surface area contributed by atoms with Crippen molar-refractivity contribution in [2.45, 2.75) is 6.92 Å². The lowest BCUT2D eigenvalue weighted by Crippen LogP contribution is -2.32. The number of allylic oxidation sites excluding steroid dienone is 1. The van der Waals surface area contributed by atoms with Gasteiger partial charge in [-0.2, -0.15) is 5.10 Å². The molecule has 2 aromatic carbocycles. The van der Waals surface area contributed by atoms with Gasteiger partial charge < -0.3 is 5.32 Å². The van der Waals surface area contributed by atoms with Crippen molar-refractivity contribution in [2.24, 2.45) is 5.10 Å². The molecule has 0 aliphatic heterocycles. The molecule has 0 radical (unpaired) electrons. The first-order valence-corrected chi connectivity index (χ1v) is 7.57. The van der Waals surface area contributed by atoms with Gasteiger partial charge in [-0.1, -0.05) is 54.1 Å². The fourth-order valence-corrected chi connectivity index (χ4v) is 1.95. The Hall–Kier alpha value is -2.92. The number of carbonyl (C=O) groups excluding carboxylic acids is 2. The van der Waals surface area contributed by atoms with Gasteiger partial charge in [-0.25, -0.2) is 5.43 Å². The van der Waals surface area contributed by atoms with Crippen molar-refractivity contribution in [1.82, 2.24) is 5.43 Å². The van der Waals surface area contributed by atoms with E-state index in [2.05, 4.69) is 15.8 Å². The van der Waals surface area contributed by atoms with E-state index in [-0.39, 0.29) is 0 Å². The summed E-state index contributed by atoms with van der Waals surface area (Å²) in [5, 5.41) is 6.77. The monoisotopic (exact) mass is 341 g/mol. The van der Waals surface area contributed by atoms with Crippen LogP contribution in [0, 0.1) is 0 Å². The van der Waals surface area contributed by atoms with E-state index in [9.17, 15) is 9.59 Å². The second kappa shape index (κ2) is 8.64. The van der Waals surface area contributed by atoms with E-state index in [0.717, 1.165) is 5.56 Å². The van der Waals surface area contributed by atoms with Crippen molar-refractivity contribution >= 4 is 40.9 Å². The van der Waals surface area contributed by atoms with Crippen LogP contribution < -0.4 is 10.7 Å². The summed E-state index contributed by atoms with van der Waals surface area (Å²) in [6.45, 7) is 1.72. The molecular weight excluding hydrogens is 326 g/mol. The summed E-state index contributed by atoms with van der Waals surface area (Å²) < 4.78 is 0. The first-order chi connectivity index (χ1) is 11.5. The third kappa shape index (κ3) is 5.70. The molecule has 122 valence electrons. The van der Waals surface area contributed by atoms with Crippen LogP contribution in [0.25, 0.3) is 6.08 Å². The van der Waals surface area contributed by atoms with Gasteiger partial charge in [-0.15, -0.1) is 0 Å². The number of benzene rings is 2. The highest BCUT2D eigenvalue weighted by atomic mass is 35.5. The molecule has 0 aromatic heterocycles. The molecule has 0 fully saturated rings. The summed E-state index contributed by atoms with van der Waals surface area (Å²) in [7, 11) is 0. The molecule has 0 saturated carbocycles. The van der Waals surface area contributed by atoms with Crippen LogP contribution in [0.1, 0.15) is 12.5 Å². The standard InChI is InChI=1S/C18H16ClN3O2/c1-13(10-11-14-6-3-2-4-7-14)21-22-18(24)17(23)20-16-9-5-8-15(19)12-16/h2-12H,1H3,(H,20,23)(H,22,24)/b11-10+,21-13+. The van der Waals surface area contributed by atoms with Gasteiger partial charge >= 0.3 is 11.8 Å². The van der Waals surface area contributed by atoms with Gasteiger partial charge in [0.05, 0.1) is 5.71 Å². The van der Waals surface area contributed by atoms with Gasteiger partial charge in [0.15, 0.2) is 0 Å². The average Bonchev–Trinajstić information content (AvgIpc) is 2.58. The fraction of sp³-hybridized carbons (Fsp3) is 0.0556. The van der Waals surface area contributed by atoms with Gasteiger partial charge in [-0.3, -0.25) is 9.59 Å². The minimum absolute atomic E-state index is 0.437. The largest absolute Gasteiger partial charge is 0.329 e. The molecule has 2 rings (SSSR count). The molecule has 2 amide bonds. The number of halogens is 1. The first-order valence-electron chi connectivity index (χ1n) is 7.19. The fourth-order valence-electron chi connectivity index (χ4n) is 1.76. The number of amides is 2. The predicted molar refractivity (Wildman–Crippen MR) is 96.8 cm³/mol. The maximum atomic E-state index is 11.8. The third-order valence-electron chi connectivity index (χ3n) is 2.94. The van der Waals surface area contributed by atoms with Gasteiger partial charge in [0.25, 0.3) is 0 Å². The number of nitrogens with one attached hydrogen (secondary N) is 2. The second-order valence-corrected chi connectivity index (χ2v) is 5.34. The van der Waals surface area contributed by atoms with E-state index in [1.807, 2.05) is 36.4 Å². The molecule has 0 unspecified atom stereocenters. The smallest absolute Gasteiger partial charge is 0.318 e. The van der Waals surface area contributed by atoms with Crippen molar-refractivity contribution in [1.29, 1.82) is 0 Å². The molecule has 0 aliphatic carbocycles. The lowest BCUT2D eigenvalue weighted by Gasteiger charge is -2.04. The summed E-state index contributed by atoms with van der Waals surface area (Å²) in [5.74, 6) is -1.68. The number of hydrogen-bond donors (Lipinski definition) is 2. The molecule has 0 heterocycles. The Kier molecular flexibility index (Phi) is 6.28. The van der Waals surface area contributed by atoms with Crippen molar-refractivity contribution in [3.63, 3.8) is 0 Å². The van der Waals surface area contributed by atoms with Crippen LogP contribution in [0.3, 0.4) is 0 Å². The Bertz CT molecular complexity index is 786. The number of anilines is 1. The maximum Gasteiger partial charge on any atom is 0.329 e. The minimum Gasteiger partial charge on any atom is -0.318 e. The van der Waals surface area contributed by atoms with Crippen molar-refractivity contribution in [3.05, 3.63) is 71.3 Å². The summed E-state index contributed by atoms with van der Waals surface area (Å²) in [5.41, 5.74) is 4.21. The van der Waals surface area contributed by atoms with Crippen LogP contribution in [0.4, 0.5) is 5.69 Å². The summed E-state index contributed by atoms with van der Waals surface area (Å²) in [4.78, 5) is 23.5. The van der Waals surface area contributed by atoms with E-state index in [1.54, 1.807) is 37.3 Å². The van der Waals surface area contributed by atoms with Gasteiger partial charge in [0.2, 0.25) is 0 Å². The highest BCUT2D eigenvalue weighted by molar-refractivity contribution is 6.39. The van der Waals surface area contributed by atoms with E-state index in [0.29, 0.717) is 16.4 Å². The van der Waals surface area contributed by atoms with E-state index >= 15 is 0 Å². The highest BCUT2D eigenvalue weighted by Crippen LogP contribution is 2.14. The average molecular weight is 342 g/mol. The molecule has 0 aliphatic rings. The number of carbonyl (C=O) groups is 2. The van der Waals surface area contributed by atoms with Crippen molar-refractivity contribution in [3.8, 4) is 0 Å². The summed E-state index contributed by atoms with van der Waals surface area (Å²) >= 11 is 5.81. The van der Waals surface area contributed by atoms with Crippen LogP contribution in [-0.2, 0) is 9.59 Å². The molecule has 24 heavy (non-hydrogen) atoms. The quantitative estimate of drug-likeness (QED) is 0.507. The molecule has 0 bridgehead atoms. The predicted octanol–water partition coefficient (Wildman–Crippen LogP) is 3.48. The van der Waals surface area contributed by atoms with Gasteiger partial charge in [0.1, 0.15) is 0 Å². The topological polar surface area (TPSA) is 70.6 Å². The number of hydrazone groups is 1. The maximum absolute atomic E-state index is 11.8. The first kappa shape index (κ1) is 17.4. The van der Waals surface area contributed by atoms with E-state index in [1.165, 1.54) is 0 Å². The molecule has 0 saturated heterocycles. The lowest BCUT2D eigenvalue weighted by atomic mass is 10.2. The Morgan fingerprint density at radius 2 is 1.79 bits per heavy atom. The Labute approximate surface area is 145 Å². The zero-order valence-corrected chi connectivity index (χ0v) is 13.7. The van der Waals surface area contributed by atoms with Gasteiger partial charge in [-0.05, 0) is 36.8 Å². The van der Waals surface area contributed by atoms with Crippen LogP contribution in [-0.4, -0.2) is 17.5 Å². The molecule has 0 spiro atoms. The van der Waals surface area contributed by atoms with Crippen molar-refractivity contribution < 1.29 is 9.59 Å². The van der Waals surface area contributed by atoms with E-state index < -0.39 is 11.8 Å². The molecule has 2 aromatic rings. The number of rotatable bonds is 4. The Morgan fingerprint density at radius 3 is 2.50 bits per heavy atom. The zero-order chi connectivity index (χ0) is 17.4. The third-order valence-corrected chi connectivity index (χ3v) is 3.17. The number of hydrogen-bond acceptors (Lipinski definition) is 3. The SMILES string of the molecule is CC(/C=C/c1ccccc1)=N\NC(=O)C(=O)Nc1cccc(Cl)c1. The van der Waals surface area contributed by atoms with Crippen molar-refractivity contribution in [2.75, 3.05) is 5.32 Å². The zero-order valence-electron chi connectivity index (χ0n) is 13.0. The summed E-state index contributed by atoms with van der Waals surface area (Å²) in [6, 6.07) is 16.2. The normalized spacial score (nSPS) is 11.3. The highest BCUT2D eigenvalue weighted by Gasteiger charge is 2.12. The van der Waals surface area contributed by atoms with E-state index in [4.69, 9.17) is 11.6 Å². The lowest BCUT2D eigenvalue weighted by molar-refractivity contribution is -0.136. The second-order valence-electron chi connectivity index (χ2n) is 4.90.